The van der Waals surface area contributed by atoms with Crippen LogP contribution in [0.4, 0.5) is 0 Å². The first-order valence-corrected chi connectivity index (χ1v) is 9.55. The molecule has 5 nitrogen and oxygen atoms in total. The number of ether oxygens (including phenoxy) is 3. The molecule has 1 aromatic carbocycles. The van der Waals surface area contributed by atoms with Crippen molar-refractivity contribution in [1.29, 1.82) is 0 Å². The first-order valence-electron chi connectivity index (χ1n) is 8.73. The van der Waals surface area contributed by atoms with E-state index in [-0.39, 0.29) is 0 Å². The molecule has 1 N–H and O–H groups in total. The predicted molar refractivity (Wildman–Crippen MR) is 101 cm³/mol. The maximum Gasteiger partial charge on any atom is 0.164 e. The Bertz CT molecular complexity index is 696. The molecule has 1 saturated carbocycles. The summed E-state index contributed by atoms with van der Waals surface area (Å²) in [5, 5.41) is 4.74. The average molecular weight is 362 g/mol. The number of hydrogen-bond acceptors (Lipinski definition) is 6. The molecular formula is C19H26N2O3S. The number of nitrogens with zero attached hydrogens (tertiary/aromatic N) is 1. The highest BCUT2D eigenvalue weighted by Gasteiger charge is 2.17. The zero-order valence-electron chi connectivity index (χ0n) is 15.1. The molecule has 0 bridgehead atoms. The zero-order valence-corrected chi connectivity index (χ0v) is 15.9. The molecule has 0 saturated heterocycles. The summed E-state index contributed by atoms with van der Waals surface area (Å²) in [4.78, 5) is 5.65. The maximum atomic E-state index is 5.53. The first kappa shape index (κ1) is 18.0. The van der Waals surface area contributed by atoms with E-state index in [1.807, 2.05) is 18.3 Å². The lowest BCUT2D eigenvalue weighted by Crippen LogP contribution is -2.30. The Morgan fingerprint density at radius 3 is 2.36 bits per heavy atom. The van der Waals surface area contributed by atoms with Crippen molar-refractivity contribution in [1.82, 2.24) is 10.3 Å². The molecule has 0 unspecified atom stereocenters. The van der Waals surface area contributed by atoms with Crippen LogP contribution in [0.2, 0.25) is 0 Å². The zero-order chi connectivity index (χ0) is 17.6. The lowest BCUT2D eigenvalue weighted by molar-refractivity contribution is 0.349. The van der Waals surface area contributed by atoms with Gasteiger partial charge in [-0.1, -0.05) is 19.3 Å². The van der Waals surface area contributed by atoms with Crippen LogP contribution >= 0.6 is 11.3 Å². The molecule has 1 fully saturated rings. The fourth-order valence-electron chi connectivity index (χ4n) is 3.28. The number of rotatable bonds is 7. The van der Waals surface area contributed by atoms with E-state index in [2.05, 4.69) is 10.3 Å². The Balaban J connectivity index is 1.76. The van der Waals surface area contributed by atoms with Crippen LogP contribution in [0.15, 0.2) is 18.3 Å². The Hall–Kier alpha value is -1.79. The number of aromatic nitrogens is 1. The van der Waals surface area contributed by atoms with Gasteiger partial charge < -0.3 is 19.5 Å². The predicted octanol–water partition coefficient (Wildman–Crippen LogP) is 4.26. The van der Waals surface area contributed by atoms with E-state index in [1.54, 1.807) is 32.7 Å². The van der Waals surface area contributed by atoms with Gasteiger partial charge in [0.05, 0.1) is 26.2 Å². The second-order valence-corrected chi connectivity index (χ2v) is 7.36. The van der Waals surface area contributed by atoms with Crippen LogP contribution in [-0.2, 0) is 6.54 Å². The van der Waals surface area contributed by atoms with E-state index in [9.17, 15) is 0 Å². The summed E-state index contributed by atoms with van der Waals surface area (Å²) in [5.74, 6) is 2.11. The molecule has 0 spiro atoms. The molecule has 0 atom stereocenters. The number of hydrogen-bond donors (Lipinski definition) is 1. The van der Waals surface area contributed by atoms with Crippen LogP contribution in [0.3, 0.4) is 0 Å². The normalized spacial score (nSPS) is 15.2. The molecule has 6 heteroatoms. The third-order valence-electron chi connectivity index (χ3n) is 4.67. The van der Waals surface area contributed by atoms with E-state index in [0.717, 1.165) is 27.7 Å². The largest absolute Gasteiger partial charge is 0.496 e. The second-order valence-electron chi connectivity index (χ2n) is 6.24. The van der Waals surface area contributed by atoms with Crippen molar-refractivity contribution in [3.63, 3.8) is 0 Å². The van der Waals surface area contributed by atoms with Crippen molar-refractivity contribution >= 4 is 11.3 Å². The highest BCUT2D eigenvalue weighted by atomic mass is 32.1. The van der Waals surface area contributed by atoms with Gasteiger partial charge in [0, 0.05) is 30.4 Å². The summed E-state index contributed by atoms with van der Waals surface area (Å²) in [6.45, 7) is 0.824. The van der Waals surface area contributed by atoms with Gasteiger partial charge in [-0.05, 0) is 18.9 Å². The van der Waals surface area contributed by atoms with Crippen molar-refractivity contribution in [2.24, 2.45) is 0 Å². The summed E-state index contributed by atoms with van der Waals surface area (Å²) >= 11 is 1.69. The smallest absolute Gasteiger partial charge is 0.164 e. The SMILES string of the molecule is COc1cc(OC)c(-c2cnc(CNC3CCCCC3)s2)cc1OC. The van der Waals surface area contributed by atoms with Crippen LogP contribution in [0, 0.1) is 0 Å². The maximum absolute atomic E-state index is 5.53. The molecule has 136 valence electrons. The summed E-state index contributed by atoms with van der Waals surface area (Å²) < 4.78 is 16.3. The standard InChI is InChI=1S/C19H26N2O3S/c1-22-15-10-17(24-3)16(23-2)9-14(15)18-11-21-19(25-18)12-20-13-7-5-4-6-8-13/h9-11,13,20H,4-8,12H2,1-3H3. The van der Waals surface area contributed by atoms with Gasteiger partial charge in [-0.25, -0.2) is 4.98 Å². The van der Waals surface area contributed by atoms with Gasteiger partial charge in [0.2, 0.25) is 0 Å². The molecule has 1 aromatic heterocycles. The molecule has 0 amide bonds. The molecule has 0 radical (unpaired) electrons. The summed E-state index contributed by atoms with van der Waals surface area (Å²) in [7, 11) is 4.93. The minimum atomic E-state index is 0.636. The molecule has 1 aliphatic carbocycles. The van der Waals surface area contributed by atoms with E-state index in [1.165, 1.54) is 32.1 Å². The minimum Gasteiger partial charge on any atom is -0.496 e. The van der Waals surface area contributed by atoms with Crippen molar-refractivity contribution in [3.8, 4) is 27.7 Å². The summed E-state index contributed by atoms with van der Waals surface area (Å²) in [6, 6.07) is 4.44. The van der Waals surface area contributed by atoms with E-state index >= 15 is 0 Å². The van der Waals surface area contributed by atoms with E-state index in [4.69, 9.17) is 14.2 Å². The fraction of sp³-hybridized carbons (Fsp3) is 0.526. The number of methoxy groups -OCH3 is 3. The fourth-order valence-corrected chi connectivity index (χ4v) is 4.17. The van der Waals surface area contributed by atoms with Crippen LogP contribution in [0.1, 0.15) is 37.1 Å². The first-order chi connectivity index (χ1) is 12.2. The minimum absolute atomic E-state index is 0.636. The molecule has 1 aliphatic rings. The number of thiazole rings is 1. The summed E-state index contributed by atoms with van der Waals surface area (Å²) in [6.07, 6.45) is 8.52. The van der Waals surface area contributed by atoms with E-state index in [0.29, 0.717) is 17.5 Å². The highest BCUT2D eigenvalue weighted by Crippen LogP contribution is 2.41. The van der Waals surface area contributed by atoms with Crippen molar-refractivity contribution < 1.29 is 14.2 Å². The van der Waals surface area contributed by atoms with Crippen molar-refractivity contribution in [2.75, 3.05) is 21.3 Å². The van der Waals surface area contributed by atoms with Gasteiger partial charge in [-0.2, -0.15) is 0 Å². The van der Waals surface area contributed by atoms with Crippen LogP contribution < -0.4 is 19.5 Å². The average Bonchev–Trinajstić information content (AvgIpc) is 3.14. The number of benzene rings is 1. The molecule has 2 aromatic rings. The molecule has 3 rings (SSSR count). The Labute approximate surface area is 153 Å². The topological polar surface area (TPSA) is 52.6 Å². The van der Waals surface area contributed by atoms with Gasteiger partial charge in [-0.15, -0.1) is 11.3 Å². The second kappa shape index (κ2) is 8.54. The Morgan fingerprint density at radius 2 is 1.68 bits per heavy atom. The van der Waals surface area contributed by atoms with Gasteiger partial charge in [0.15, 0.2) is 11.5 Å². The third kappa shape index (κ3) is 4.25. The van der Waals surface area contributed by atoms with Crippen molar-refractivity contribution in [2.45, 2.75) is 44.7 Å². The number of nitrogens with one attached hydrogen (secondary N) is 1. The van der Waals surface area contributed by atoms with Gasteiger partial charge in [0.1, 0.15) is 10.8 Å². The molecular weight excluding hydrogens is 336 g/mol. The van der Waals surface area contributed by atoms with Crippen LogP contribution in [0.5, 0.6) is 17.2 Å². The van der Waals surface area contributed by atoms with Gasteiger partial charge in [0.25, 0.3) is 0 Å². The lowest BCUT2D eigenvalue weighted by atomic mass is 9.96. The Kier molecular flexibility index (Phi) is 6.15. The highest BCUT2D eigenvalue weighted by molar-refractivity contribution is 7.15. The van der Waals surface area contributed by atoms with Crippen LogP contribution in [-0.4, -0.2) is 32.4 Å². The quantitative estimate of drug-likeness (QED) is 0.798. The van der Waals surface area contributed by atoms with E-state index < -0.39 is 0 Å². The molecule has 0 aliphatic heterocycles. The lowest BCUT2D eigenvalue weighted by Gasteiger charge is -2.22. The monoisotopic (exact) mass is 362 g/mol. The summed E-state index contributed by atoms with van der Waals surface area (Å²) in [5.41, 5.74) is 0.974. The Morgan fingerprint density at radius 1 is 1.00 bits per heavy atom. The van der Waals surface area contributed by atoms with Gasteiger partial charge >= 0.3 is 0 Å². The third-order valence-corrected chi connectivity index (χ3v) is 5.70. The van der Waals surface area contributed by atoms with Crippen LogP contribution in [0.25, 0.3) is 10.4 Å². The molecule has 1 heterocycles. The molecule has 25 heavy (non-hydrogen) atoms. The van der Waals surface area contributed by atoms with Crippen molar-refractivity contribution in [3.05, 3.63) is 23.3 Å². The van der Waals surface area contributed by atoms with Gasteiger partial charge in [-0.3, -0.25) is 0 Å².